The van der Waals surface area contributed by atoms with Gasteiger partial charge in [0.1, 0.15) is 5.75 Å². The number of hydrogen-bond acceptors (Lipinski definition) is 6. The van der Waals surface area contributed by atoms with E-state index in [0.29, 0.717) is 24.6 Å². The molecular formula is C20H20N4O3S2. The van der Waals surface area contributed by atoms with Gasteiger partial charge in [-0.1, -0.05) is 30.3 Å². The summed E-state index contributed by atoms with van der Waals surface area (Å²) in [5.74, 6) is 1.31. The largest absolute Gasteiger partial charge is 0.494 e. The number of nitrogens with zero attached hydrogens (tertiary/aromatic N) is 3. The highest BCUT2D eigenvalue weighted by atomic mass is 32.2. The van der Waals surface area contributed by atoms with Crippen molar-refractivity contribution in [3.8, 4) is 17.1 Å². The number of hydrogen-bond donors (Lipinski definition) is 1. The lowest BCUT2D eigenvalue weighted by molar-refractivity contribution is 0.340. The fourth-order valence-corrected chi connectivity index (χ4v) is 4.77. The molecule has 0 bridgehead atoms. The Morgan fingerprint density at radius 3 is 2.59 bits per heavy atom. The second kappa shape index (κ2) is 8.32. The maximum absolute atomic E-state index is 12.5. The molecular weight excluding hydrogens is 408 g/mol. The van der Waals surface area contributed by atoms with Gasteiger partial charge in [-0.05, 0) is 31.2 Å². The number of rotatable bonds is 8. The predicted molar refractivity (Wildman–Crippen MR) is 113 cm³/mol. The summed E-state index contributed by atoms with van der Waals surface area (Å²) in [6.45, 7) is 2.68. The van der Waals surface area contributed by atoms with Crippen LogP contribution in [0.2, 0.25) is 0 Å². The van der Waals surface area contributed by atoms with E-state index >= 15 is 0 Å². The summed E-state index contributed by atoms with van der Waals surface area (Å²) in [5, 5.41) is 6.52. The van der Waals surface area contributed by atoms with E-state index < -0.39 is 10.0 Å². The van der Waals surface area contributed by atoms with Crippen LogP contribution in [0.15, 0.2) is 64.9 Å². The van der Waals surface area contributed by atoms with E-state index in [0.717, 1.165) is 16.2 Å². The summed E-state index contributed by atoms with van der Waals surface area (Å²) in [7, 11) is -3.58. The average molecular weight is 429 g/mol. The molecule has 0 amide bonds. The van der Waals surface area contributed by atoms with Crippen molar-refractivity contribution >= 4 is 26.3 Å². The first kappa shape index (κ1) is 19.6. The third-order valence-corrected chi connectivity index (χ3v) is 6.64. The average Bonchev–Trinajstić information content (AvgIpc) is 3.31. The van der Waals surface area contributed by atoms with Gasteiger partial charge in [-0.2, -0.15) is 4.98 Å². The zero-order chi connectivity index (χ0) is 20.3. The summed E-state index contributed by atoms with van der Waals surface area (Å²) in [6.07, 6.45) is 0.508. The van der Waals surface area contributed by atoms with Gasteiger partial charge in [0.15, 0.2) is 5.82 Å². The first-order valence-electron chi connectivity index (χ1n) is 9.18. The fraction of sp³-hybridized carbons (Fsp3) is 0.200. The number of benzene rings is 2. The second-order valence-electron chi connectivity index (χ2n) is 6.28. The van der Waals surface area contributed by atoms with Gasteiger partial charge < -0.3 is 4.74 Å². The number of sulfonamides is 1. The lowest BCUT2D eigenvalue weighted by Gasteiger charge is -2.08. The van der Waals surface area contributed by atoms with Crippen molar-refractivity contribution in [2.75, 3.05) is 13.2 Å². The van der Waals surface area contributed by atoms with Gasteiger partial charge >= 0.3 is 0 Å². The Balaban J connectivity index is 1.43. The summed E-state index contributed by atoms with van der Waals surface area (Å²) >= 11 is 1.49. The molecule has 0 fully saturated rings. The van der Waals surface area contributed by atoms with Gasteiger partial charge in [-0.25, -0.2) is 17.7 Å². The minimum absolute atomic E-state index is 0.212. The molecule has 29 heavy (non-hydrogen) atoms. The first-order chi connectivity index (χ1) is 14.1. The highest BCUT2D eigenvalue weighted by Crippen LogP contribution is 2.21. The molecule has 0 aliphatic carbocycles. The first-order valence-corrected chi connectivity index (χ1v) is 11.5. The molecule has 0 atom stereocenters. The van der Waals surface area contributed by atoms with E-state index in [1.54, 1.807) is 28.8 Å². The van der Waals surface area contributed by atoms with Gasteiger partial charge in [-0.15, -0.1) is 16.4 Å². The van der Waals surface area contributed by atoms with Gasteiger partial charge in [0.05, 0.1) is 17.2 Å². The van der Waals surface area contributed by atoms with Gasteiger partial charge in [0.25, 0.3) is 0 Å². The highest BCUT2D eigenvalue weighted by molar-refractivity contribution is 7.89. The molecule has 150 valence electrons. The number of thiazole rings is 1. The van der Waals surface area contributed by atoms with E-state index in [-0.39, 0.29) is 11.4 Å². The van der Waals surface area contributed by atoms with Crippen LogP contribution in [0.25, 0.3) is 16.3 Å². The van der Waals surface area contributed by atoms with Crippen LogP contribution in [-0.4, -0.2) is 36.2 Å². The van der Waals surface area contributed by atoms with Crippen molar-refractivity contribution < 1.29 is 13.2 Å². The molecule has 0 spiro atoms. The molecule has 4 rings (SSSR count). The van der Waals surface area contributed by atoms with Gasteiger partial charge in [0.2, 0.25) is 15.0 Å². The molecule has 2 aromatic heterocycles. The number of nitrogens with one attached hydrogen (secondary N) is 1. The van der Waals surface area contributed by atoms with Crippen molar-refractivity contribution in [1.82, 2.24) is 19.3 Å². The van der Waals surface area contributed by atoms with Crippen LogP contribution in [0, 0.1) is 0 Å². The Hall–Kier alpha value is -2.75. The lowest BCUT2D eigenvalue weighted by atomic mass is 10.2. The Kier molecular flexibility index (Phi) is 5.61. The topological polar surface area (TPSA) is 85.6 Å². The van der Waals surface area contributed by atoms with E-state index in [1.807, 2.05) is 42.6 Å². The van der Waals surface area contributed by atoms with E-state index in [2.05, 4.69) is 14.8 Å². The zero-order valence-electron chi connectivity index (χ0n) is 15.8. The number of aromatic nitrogens is 3. The Labute approximate surface area is 173 Å². The maximum Gasteiger partial charge on any atom is 0.240 e. The van der Waals surface area contributed by atoms with Crippen molar-refractivity contribution in [2.45, 2.75) is 18.2 Å². The monoisotopic (exact) mass is 428 g/mol. The van der Waals surface area contributed by atoms with Crippen molar-refractivity contribution in [2.24, 2.45) is 0 Å². The molecule has 0 unspecified atom stereocenters. The SMILES string of the molecule is CCOc1ccc(S(=O)(=O)NCCc2csc3nc(-c4ccccc4)nn23)cc1. The minimum atomic E-state index is -3.58. The summed E-state index contributed by atoms with van der Waals surface area (Å²) < 4.78 is 34.8. The predicted octanol–water partition coefficient (Wildman–Crippen LogP) is 3.38. The van der Waals surface area contributed by atoms with Crippen LogP contribution >= 0.6 is 11.3 Å². The van der Waals surface area contributed by atoms with Crippen molar-refractivity contribution in [1.29, 1.82) is 0 Å². The van der Waals surface area contributed by atoms with Crippen molar-refractivity contribution in [3.05, 3.63) is 65.7 Å². The van der Waals surface area contributed by atoms with Crippen LogP contribution in [0.3, 0.4) is 0 Å². The van der Waals surface area contributed by atoms with Crippen LogP contribution in [0.4, 0.5) is 0 Å². The smallest absolute Gasteiger partial charge is 0.240 e. The summed E-state index contributed by atoms with van der Waals surface area (Å²) in [4.78, 5) is 5.55. The van der Waals surface area contributed by atoms with Crippen molar-refractivity contribution in [3.63, 3.8) is 0 Å². The molecule has 7 nitrogen and oxygen atoms in total. The van der Waals surface area contributed by atoms with E-state index in [1.165, 1.54) is 11.3 Å². The zero-order valence-corrected chi connectivity index (χ0v) is 17.4. The third kappa shape index (κ3) is 4.31. The molecule has 1 N–H and O–H groups in total. The number of fused-ring (bicyclic) bond motifs is 1. The lowest BCUT2D eigenvalue weighted by Crippen LogP contribution is -2.26. The minimum Gasteiger partial charge on any atom is -0.494 e. The quantitative estimate of drug-likeness (QED) is 0.465. The fourth-order valence-electron chi connectivity index (χ4n) is 2.88. The molecule has 0 saturated carbocycles. The molecule has 2 heterocycles. The molecule has 2 aromatic carbocycles. The van der Waals surface area contributed by atoms with Crippen LogP contribution in [-0.2, 0) is 16.4 Å². The normalized spacial score (nSPS) is 11.8. The molecule has 4 aromatic rings. The maximum atomic E-state index is 12.5. The second-order valence-corrected chi connectivity index (χ2v) is 8.88. The van der Waals surface area contributed by atoms with Gasteiger partial charge in [-0.3, -0.25) is 0 Å². The van der Waals surface area contributed by atoms with Crippen LogP contribution in [0.5, 0.6) is 5.75 Å². The van der Waals surface area contributed by atoms with Crippen LogP contribution in [0.1, 0.15) is 12.6 Å². The Bertz CT molecular complexity index is 1200. The Morgan fingerprint density at radius 2 is 1.86 bits per heavy atom. The molecule has 0 saturated heterocycles. The Morgan fingerprint density at radius 1 is 1.10 bits per heavy atom. The van der Waals surface area contributed by atoms with Gasteiger partial charge in [0, 0.05) is 23.9 Å². The number of ether oxygens (including phenoxy) is 1. The molecule has 0 radical (unpaired) electrons. The highest BCUT2D eigenvalue weighted by Gasteiger charge is 2.15. The molecule has 0 aliphatic heterocycles. The third-order valence-electron chi connectivity index (χ3n) is 4.30. The summed E-state index contributed by atoms with van der Waals surface area (Å²) in [5.41, 5.74) is 1.86. The summed E-state index contributed by atoms with van der Waals surface area (Å²) in [6, 6.07) is 16.2. The standard InChI is InChI=1S/C20H20N4O3S2/c1-2-27-17-8-10-18(11-9-17)29(25,26)21-13-12-16-14-28-20-22-19(23-24(16)20)15-6-4-3-5-7-15/h3-11,14,21H,2,12-13H2,1H3. The molecule has 9 heteroatoms. The van der Waals surface area contributed by atoms with Crippen LogP contribution < -0.4 is 9.46 Å². The molecule has 0 aliphatic rings. The van der Waals surface area contributed by atoms with E-state index in [9.17, 15) is 8.42 Å². The van der Waals surface area contributed by atoms with E-state index in [4.69, 9.17) is 4.74 Å².